The molecule has 158 valence electrons. The number of carbonyl (C=O) groups is 3. The molecule has 5 nitrogen and oxygen atoms in total. The van der Waals surface area contributed by atoms with E-state index in [0.29, 0.717) is 10.7 Å². The summed E-state index contributed by atoms with van der Waals surface area (Å²) in [5.41, 5.74) is 4.99. The van der Waals surface area contributed by atoms with E-state index in [-0.39, 0.29) is 30.2 Å². The van der Waals surface area contributed by atoms with Crippen LogP contribution in [0.5, 0.6) is 0 Å². The molecule has 1 aliphatic heterocycles. The standard InChI is InChI=1S/C26H19ClN2O3/c27-14-6-5-7-15(12-14)28-20(30)13-29-25(31)23-21-16-8-1-2-9-17(16)22(24(23)26(29)32)19-11-4-3-10-18(19)21/h1-12,21-24H,13H2,(H,28,30)/t21?,22?,23-,24-/m1/s1. The van der Waals surface area contributed by atoms with Crippen molar-refractivity contribution in [3.8, 4) is 0 Å². The smallest absolute Gasteiger partial charge is 0.244 e. The lowest BCUT2D eigenvalue weighted by Gasteiger charge is -2.45. The Bertz CT molecular complexity index is 1190. The fourth-order valence-electron chi connectivity index (χ4n) is 5.81. The summed E-state index contributed by atoms with van der Waals surface area (Å²) < 4.78 is 0. The van der Waals surface area contributed by atoms with Gasteiger partial charge in [0.2, 0.25) is 17.7 Å². The molecule has 1 N–H and O–H groups in total. The van der Waals surface area contributed by atoms with E-state index in [1.54, 1.807) is 24.3 Å². The number of hydrogen-bond acceptors (Lipinski definition) is 3. The number of amides is 3. The van der Waals surface area contributed by atoms with Gasteiger partial charge >= 0.3 is 0 Å². The van der Waals surface area contributed by atoms with Gasteiger partial charge in [0, 0.05) is 22.5 Å². The quantitative estimate of drug-likeness (QED) is 0.619. The highest BCUT2D eigenvalue weighted by atomic mass is 35.5. The molecule has 0 spiro atoms. The zero-order valence-corrected chi connectivity index (χ0v) is 17.8. The Labute approximate surface area is 190 Å². The van der Waals surface area contributed by atoms with Gasteiger partial charge in [-0.15, -0.1) is 0 Å². The molecule has 0 aromatic heterocycles. The number of rotatable bonds is 3. The van der Waals surface area contributed by atoms with Crippen molar-refractivity contribution in [3.05, 3.63) is 100 Å². The van der Waals surface area contributed by atoms with E-state index >= 15 is 0 Å². The third kappa shape index (κ3) is 2.67. The van der Waals surface area contributed by atoms with Crippen LogP contribution in [-0.4, -0.2) is 29.2 Å². The summed E-state index contributed by atoms with van der Waals surface area (Å²) in [6.07, 6.45) is 0. The minimum Gasteiger partial charge on any atom is -0.324 e. The Morgan fingerprint density at radius 3 is 1.75 bits per heavy atom. The van der Waals surface area contributed by atoms with Gasteiger partial charge in [0.05, 0.1) is 11.8 Å². The predicted molar refractivity (Wildman–Crippen MR) is 120 cm³/mol. The van der Waals surface area contributed by atoms with Crippen molar-refractivity contribution in [2.45, 2.75) is 11.8 Å². The van der Waals surface area contributed by atoms with Gasteiger partial charge in [-0.05, 0) is 40.5 Å². The van der Waals surface area contributed by atoms with Crippen LogP contribution in [0.25, 0.3) is 0 Å². The molecule has 3 aromatic carbocycles. The van der Waals surface area contributed by atoms with Crippen LogP contribution in [0.1, 0.15) is 34.1 Å². The van der Waals surface area contributed by atoms with E-state index in [1.165, 1.54) is 0 Å². The molecule has 1 saturated heterocycles. The Morgan fingerprint density at radius 1 is 0.781 bits per heavy atom. The summed E-state index contributed by atoms with van der Waals surface area (Å²) in [7, 11) is 0. The van der Waals surface area contributed by atoms with Gasteiger partial charge in [0.25, 0.3) is 0 Å². The maximum Gasteiger partial charge on any atom is 0.244 e. The number of hydrogen-bond donors (Lipinski definition) is 1. The topological polar surface area (TPSA) is 66.5 Å². The molecule has 2 atom stereocenters. The van der Waals surface area contributed by atoms with Crippen LogP contribution in [0.2, 0.25) is 5.02 Å². The first-order valence-corrected chi connectivity index (χ1v) is 11.0. The average Bonchev–Trinajstić information content (AvgIpc) is 3.04. The molecule has 6 heteroatoms. The summed E-state index contributed by atoms with van der Waals surface area (Å²) in [5, 5.41) is 3.23. The van der Waals surface area contributed by atoms with Gasteiger partial charge in [0.15, 0.2) is 0 Å². The van der Waals surface area contributed by atoms with E-state index in [0.717, 1.165) is 27.2 Å². The molecule has 7 rings (SSSR count). The summed E-state index contributed by atoms with van der Waals surface area (Å²) in [6.45, 7) is -0.302. The number of nitrogens with zero attached hydrogens (tertiary/aromatic N) is 1. The van der Waals surface area contributed by atoms with Gasteiger partial charge in [0.1, 0.15) is 6.54 Å². The van der Waals surface area contributed by atoms with Crippen molar-refractivity contribution >= 4 is 35.0 Å². The maximum atomic E-state index is 13.5. The van der Waals surface area contributed by atoms with E-state index in [9.17, 15) is 14.4 Å². The summed E-state index contributed by atoms with van der Waals surface area (Å²) in [6, 6.07) is 22.9. The second kappa shape index (κ2) is 7.04. The van der Waals surface area contributed by atoms with Crippen LogP contribution in [0.15, 0.2) is 72.8 Å². The lowest BCUT2D eigenvalue weighted by molar-refractivity contribution is -0.142. The number of halogens is 1. The number of anilines is 1. The lowest BCUT2D eigenvalue weighted by atomic mass is 9.55. The van der Waals surface area contributed by atoms with Crippen molar-refractivity contribution in [3.63, 3.8) is 0 Å². The van der Waals surface area contributed by atoms with Gasteiger partial charge in [-0.25, -0.2) is 0 Å². The maximum absolute atomic E-state index is 13.5. The fourth-order valence-corrected chi connectivity index (χ4v) is 6.00. The second-order valence-electron chi connectivity index (χ2n) is 8.59. The fraction of sp³-hybridized carbons (Fsp3) is 0.192. The number of nitrogens with one attached hydrogen (secondary N) is 1. The summed E-state index contributed by atoms with van der Waals surface area (Å²) in [4.78, 5) is 40.8. The Balaban J connectivity index is 1.35. The van der Waals surface area contributed by atoms with Crippen molar-refractivity contribution in [2.75, 3.05) is 11.9 Å². The highest BCUT2D eigenvalue weighted by Gasteiger charge is 2.61. The van der Waals surface area contributed by atoms with Gasteiger partial charge in [-0.2, -0.15) is 0 Å². The number of likely N-dealkylation sites (tertiary alicyclic amines) is 1. The van der Waals surface area contributed by atoms with Crippen LogP contribution in [0.4, 0.5) is 5.69 Å². The minimum atomic E-state index is -0.476. The molecule has 0 unspecified atom stereocenters. The average molecular weight is 443 g/mol. The molecule has 4 aliphatic rings. The lowest BCUT2D eigenvalue weighted by Crippen LogP contribution is -2.41. The minimum absolute atomic E-state index is 0.171. The predicted octanol–water partition coefficient (Wildman–Crippen LogP) is 4.17. The zero-order valence-electron chi connectivity index (χ0n) is 17.0. The van der Waals surface area contributed by atoms with Gasteiger partial charge < -0.3 is 5.32 Å². The van der Waals surface area contributed by atoms with Crippen LogP contribution in [-0.2, 0) is 14.4 Å². The summed E-state index contributed by atoms with van der Waals surface area (Å²) in [5.74, 6) is -2.24. The molecule has 32 heavy (non-hydrogen) atoms. The van der Waals surface area contributed by atoms with Crippen LogP contribution >= 0.6 is 11.6 Å². The Kier molecular flexibility index (Phi) is 4.24. The molecule has 0 saturated carbocycles. The molecular weight excluding hydrogens is 424 g/mol. The number of carbonyl (C=O) groups excluding carboxylic acids is 3. The number of imide groups is 1. The Morgan fingerprint density at radius 2 is 1.28 bits per heavy atom. The SMILES string of the molecule is O=C(CN1C(=O)[C@@H]2C3c4ccccc4C(c4ccccc43)[C@H]2C1=O)Nc1cccc(Cl)c1. The Hall–Kier alpha value is -3.44. The first-order chi connectivity index (χ1) is 15.5. The largest absolute Gasteiger partial charge is 0.324 e. The molecule has 3 aromatic rings. The molecular formula is C26H19ClN2O3. The molecule has 2 bridgehead atoms. The number of benzene rings is 3. The highest BCUT2D eigenvalue weighted by Crippen LogP contribution is 2.60. The van der Waals surface area contributed by atoms with Crippen LogP contribution < -0.4 is 5.32 Å². The molecule has 0 radical (unpaired) electrons. The molecule has 1 fully saturated rings. The highest BCUT2D eigenvalue weighted by molar-refractivity contribution is 6.30. The normalized spacial score (nSPS) is 24.7. The van der Waals surface area contributed by atoms with Gasteiger partial charge in [-0.1, -0.05) is 66.2 Å². The molecule has 1 heterocycles. The first kappa shape index (κ1) is 19.3. The van der Waals surface area contributed by atoms with Crippen LogP contribution in [0.3, 0.4) is 0 Å². The van der Waals surface area contributed by atoms with Crippen LogP contribution in [0, 0.1) is 11.8 Å². The summed E-state index contributed by atoms with van der Waals surface area (Å²) >= 11 is 5.99. The third-order valence-corrected chi connectivity index (χ3v) is 7.18. The van der Waals surface area contributed by atoms with E-state index < -0.39 is 17.7 Å². The zero-order chi connectivity index (χ0) is 22.0. The first-order valence-electron chi connectivity index (χ1n) is 10.6. The third-order valence-electron chi connectivity index (χ3n) is 6.95. The van der Waals surface area contributed by atoms with Crippen molar-refractivity contribution in [2.24, 2.45) is 11.8 Å². The van der Waals surface area contributed by atoms with E-state index in [2.05, 4.69) is 29.6 Å². The van der Waals surface area contributed by atoms with Crippen molar-refractivity contribution in [1.82, 2.24) is 4.90 Å². The van der Waals surface area contributed by atoms with Gasteiger partial charge in [-0.3, -0.25) is 19.3 Å². The van der Waals surface area contributed by atoms with E-state index in [4.69, 9.17) is 11.6 Å². The van der Waals surface area contributed by atoms with Crippen molar-refractivity contribution in [1.29, 1.82) is 0 Å². The molecule has 3 aliphatic carbocycles. The van der Waals surface area contributed by atoms with E-state index in [1.807, 2.05) is 24.3 Å². The molecule has 3 amide bonds. The van der Waals surface area contributed by atoms with Crippen molar-refractivity contribution < 1.29 is 14.4 Å². The second-order valence-corrected chi connectivity index (χ2v) is 9.02. The monoisotopic (exact) mass is 442 g/mol.